The van der Waals surface area contributed by atoms with E-state index in [1.165, 1.54) is 25.3 Å². The fourth-order valence-electron chi connectivity index (χ4n) is 0.628. The van der Waals surface area contributed by atoms with Crippen LogP contribution in [0.1, 0.15) is 6.92 Å². The first-order valence-electron chi connectivity index (χ1n) is 3.02. The van der Waals surface area contributed by atoms with Gasteiger partial charge in [-0.05, 0) is 6.07 Å². The maximum atomic E-state index is 10.5. The summed E-state index contributed by atoms with van der Waals surface area (Å²) in [7, 11) is 0. The minimum atomic E-state index is -0.247. The number of anilines is 1. The zero-order chi connectivity index (χ0) is 8.27. The standard InChI is InChI=1S/C6H7N3O2/c1-5(10)7-6-3-2-4-9(11)8-6/h2-4H,1H3,(H,7,8,10). The highest BCUT2D eigenvalue weighted by Gasteiger charge is 1.98. The van der Waals surface area contributed by atoms with E-state index in [2.05, 4.69) is 10.4 Å². The Morgan fingerprint density at radius 3 is 3.09 bits per heavy atom. The molecule has 0 unspecified atom stereocenters. The maximum Gasteiger partial charge on any atom is 0.222 e. The van der Waals surface area contributed by atoms with Gasteiger partial charge in [0.2, 0.25) is 17.9 Å². The van der Waals surface area contributed by atoms with Crippen molar-refractivity contribution >= 4 is 11.7 Å². The lowest BCUT2D eigenvalue weighted by atomic mass is 10.5. The lowest BCUT2D eigenvalue weighted by molar-refractivity contribution is -0.667. The zero-order valence-corrected chi connectivity index (χ0v) is 5.94. The summed E-state index contributed by atoms with van der Waals surface area (Å²) in [6, 6.07) is 3.04. The summed E-state index contributed by atoms with van der Waals surface area (Å²) in [4.78, 5) is 10.8. The van der Waals surface area contributed by atoms with Gasteiger partial charge >= 0.3 is 0 Å². The van der Waals surface area contributed by atoms with Crippen LogP contribution in [-0.4, -0.2) is 11.0 Å². The van der Waals surface area contributed by atoms with E-state index in [0.29, 0.717) is 4.85 Å². The first kappa shape index (κ1) is 7.46. The predicted octanol–water partition coefficient (Wildman–Crippen LogP) is -0.327. The fraction of sp³-hybridized carbons (Fsp3) is 0.167. The summed E-state index contributed by atoms with van der Waals surface area (Å²) in [5.41, 5.74) is 0. The molecule has 11 heavy (non-hydrogen) atoms. The summed E-state index contributed by atoms with van der Waals surface area (Å²) in [6.45, 7) is 1.35. The third-order valence-electron chi connectivity index (χ3n) is 0.978. The number of hydrogen-bond donors (Lipinski definition) is 1. The van der Waals surface area contributed by atoms with Gasteiger partial charge in [-0.25, -0.2) is 0 Å². The predicted molar refractivity (Wildman–Crippen MR) is 37.5 cm³/mol. The van der Waals surface area contributed by atoms with Crippen LogP contribution >= 0.6 is 0 Å². The highest BCUT2D eigenvalue weighted by molar-refractivity contribution is 5.87. The van der Waals surface area contributed by atoms with Crippen molar-refractivity contribution < 1.29 is 9.64 Å². The van der Waals surface area contributed by atoms with E-state index in [1.807, 2.05) is 0 Å². The van der Waals surface area contributed by atoms with Gasteiger partial charge in [-0.15, -0.1) is 0 Å². The molecule has 5 nitrogen and oxygen atoms in total. The van der Waals surface area contributed by atoms with E-state index in [9.17, 15) is 10.0 Å². The lowest BCUT2D eigenvalue weighted by Crippen LogP contribution is -2.31. The minimum Gasteiger partial charge on any atom is -0.594 e. The monoisotopic (exact) mass is 153 g/mol. The molecule has 0 saturated heterocycles. The largest absolute Gasteiger partial charge is 0.594 e. The number of aromatic nitrogens is 2. The average molecular weight is 153 g/mol. The van der Waals surface area contributed by atoms with Gasteiger partial charge in [0.25, 0.3) is 0 Å². The van der Waals surface area contributed by atoms with E-state index < -0.39 is 0 Å². The van der Waals surface area contributed by atoms with Crippen molar-refractivity contribution in [2.24, 2.45) is 0 Å². The van der Waals surface area contributed by atoms with Crippen LogP contribution < -0.4 is 10.2 Å². The van der Waals surface area contributed by atoms with Crippen molar-refractivity contribution in [3.63, 3.8) is 0 Å². The van der Waals surface area contributed by atoms with Gasteiger partial charge in [-0.3, -0.25) is 4.79 Å². The summed E-state index contributed by atoms with van der Waals surface area (Å²) < 4.78 is 0. The molecule has 0 aliphatic carbocycles. The molecule has 0 atom stereocenters. The number of hydrogen-bond acceptors (Lipinski definition) is 3. The van der Waals surface area contributed by atoms with Gasteiger partial charge in [-0.2, -0.15) is 0 Å². The zero-order valence-electron chi connectivity index (χ0n) is 5.94. The van der Waals surface area contributed by atoms with Crippen LogP contribution in [0.15, 0.2) is 18.3 Å². The second-order valence-electron chi connectivity index (χ2n) is 1.98. The van der Waals surface area contributed by atoms with Crippen LogP contribution in [0.3, 0.4) is 0 Å². The molecule has 0 radical (unpaired) electrons. The second kappa shape index (κ2) is 2.96. The van der Waals surface area contributed by atoms with Gasteiger partial charge < -0.3 is 10.5 Å². The van der Waals surface area contributed by atoms with Crippen molar-refractivity contribution in [3.8, 4) is 0 Å². The summed E-state index contributed by atoms with van der Waals surface area (Å²) in [5.74, 6) is 0.0127. The average Bonchev–Trinajstić information content (AvgIpc) is 1.85. The summed E-state index contributed by atoms with van der Waals surface area (Å²) in [5, 5.41) is 16.3. The van der Waals surface area contributed by atoms with Crippen molar-refractivity contribution in [3.05, 3.63) is 23.5 Å². The van der Waals surface area contributed by atoms with E-state index in [4.69, 9.17) is 0 Å². The molecule has 5 heteroatoms. The molecular formula is C6H7N3O2. The third kappa shape index (κ3) is 2.21. The van der Waals surface area contributed by atoms with Gasteiger partial charge in [0.1, 0.15) is 0 Å². The van der Waals surface area contributed by atoms with E-state index in [-0.39, 0.29) is 11.7 Å². The van der Waals surface area contributed by atoms with Gasteiger partial charge in [-0.1, -0.05) is 4.85 Å². The molecule has 0 aliphatic rings. The van der Waals surface area contributed by atoms with Gasteiger partial charge in [0.15, 0.2) is 0 Å². The lowest BCUT2D eigenvalue weighted by Gasteiger charge is -1.97. The first-order chi connectivity index (χ1) is 5.18. The Kier molecular flexibility index (Phi) is 2.00. The topological polar surface area (TPSA) is 68.9 Å². The van der Waals surface area contributed by atoms with E-state index in [0.717, 1.165) is 0 Å². The number of amides is 1. The molecule has 1 rings (SSSR count). The molecule has 1 aromatic heterocycles. The van der Waals surface area contributed by atoms with Crippen molar-refractivity contribution in [1.82, 2.24) is 5.10 Å². The van der Waals surface area contributed by atoms with Crippen LogP contribution in [0.2, 0.25) is 0 Å². The summed E-state index contributed by atoms with van der Waals surface area (Å²) >= 11 is 0. The molecule has 1 N–H and O–H groups in total. The highest BCUT2D eigenvalue weighted by atomic mass is 16.5. The fourth-order valence-corrected chi connectivity index (χ4v) is 0.628. The van der Waals surface area contributed by atoms with Crippen molar-refractivity contribution in [2.45, 2.75) is 6.92 Å². The first-order valence-corrected chi connectivity index (χ1v) is 3.02. The van der Waals surface area contributed by atoms with Crippen molar-refractivity contribution in [2.75, 3.05) is 5.32 Å². The molecular weight excluding hydrogens is 146 g/mol. The Bertz CT molecular complexity index is 274. The molecule has 0 aromatic carbocycles. The Hall–Kier alpha value is -1.65. The van der Waals surface area contributed by atoms with Crippen LogP contribution in [-0.2, 0) is 4.79 Å². The Morgan fingerprint density at radius 2 is 2.55 bits per heavy atom. The molecule has 1 aromatic rings. The maximum absolute atomic E-state index is 10.5. The number of rotatable bonds is 1. The number of nitrogens with one attached hydrogen (secondary N) is 1. The Balaban J connectivity index is 2.79. The Labute approximate surface area is 63.2 Å². The quantitative estimate of drug-likeness (QED) is 0.443. The van der Waals surface area contributed by atoms with Crippen LogP contribution in [0, 0.1) is 5.21 Å². The Morgan fingerprint density at radius 1 is 1.82 bits per heavy atom. The number of carbonyl (C=O) groups excluding carboxylic acids is 1. The molecule has 0 aliphatic heterocycles. The smallest absolute Gasteiger partial charge is 0.222 e. The highest BCUT2D eigenvalue weighted by Crippen LogP contribution is 1.95. The molecule has 58 valence electrons. The van der Waals surface area contributed by atoms with Gasteiger partial charge in [0, 0.05) is 18.1 Å². The molecule has 0 bridgehead atoms. The summed E-state index contributed by atoms with van der Waals surface area (Å²) in [6.07, 6.45) is 1.24. The molecule has 1 heterocycles. The molecule has 0 spiro atoms. The molecule has 0 saturated carbocycles. The molecule has 1 amide bonds. The van der Waals surface area contributed by atoms with E-state index in [1.54, 1.807) is 0 Å². The third-order valence-corrected chi connectivity index (χ3v) is 0.978. The SMILES string of the molecule is CC(=O)Nc1ccc[n+]([O-])n1. The minimum absolute atomic E-state index is 0.247. The number of nitrogens with zero attached hydrogens (tertiary/aromatic N) is 2. The van der Waals surface area contributed by atoms with E-state index >= 15 is 0 Å². The normalized spacial score (nSPS) is 9.18. The van der Waals surface area contributed by atoms with Crippen LogP contribution in [0.4, 0.5) is 5.82 Å². The van der Waals surface area contributed by atoms with Crippen molar-refractivity contribution in [1.29, 1.82) is 0 Å². The van der Waals surface area contributed by atoms with Crippen LogP contribution in [0.25, 0.3) is 0 Å². The second-order valence-corrected chi connectivity index (χ2v) is 1.98. The van der Waals surface area contributed by atoms with Crippen LogP contribution in [0.5, 0.6) is 0 Å². The van der Waals surface area contributed by atoms with Gasteiger partial charge in [0.05, 0.1) is 0 Å². The molecule has 0 fully saturated rings. The number of carbonyl (C=O) groups is 1.